The minimum Gasteiger partial charge on any atom is -0.506 e. The first-order valence-electron chi connectivity index (χ1n) is 26.1. The van der Waals surface area contributed by atoms with Crippen LogP contribution in [0.15, 0.2) is 91.0 Å². The zero-order valence-electron chi connectivity index (χ0n) is 43.3. The molecule has 0 aliphatic heterocycles. The van der Waals surface area contributed by atoms with Crippen molar-refractivity contribution in [3.05, 3.63) is 113 Å². The highest BCUT2D eigenvalue weighted by atomic mass is 16.5. The van der Waals surface area contributed by atoms with Crippen LogP contribution in [0.4, 0.5) is 0 Å². The first-order chi connectivity index (χ1) is 33.3. The molecule has 378 valence electrons. The Bertz CT molecular complexity index is 2060. The molecule has 0 aliphatic carbocycles. The fourth-order valence-corrected chi connectivity index (χ4v) is 8.00. The second-order valence-corrected chi connectivity index (χ2v) is 19.2. The van der Waals surface area contributed by atoms with Crippen LogP contribution < -0.4 is 0 Å². The van der Waals surface area contributed by atoms with E-state index in [-0.39, 0.29) is 77.9 Å². The minimum absolute atomic E-state index is 0.0122. The van der Waals surface area contributed by atoms with Crippen molar-refractivity contribution in [2.24, 2.45) is 23.7 Å². The van der Waals surface area contributed by atoms with Crippen molar-refractivity contribution in [3.8, 4) is 28.0 Å². The highest BCUT2D eigenvalue weighted by molar-refractivity contribution is 6.08. The van der Waals surface area contributed by atoms with E-state index in [1.54, 1.807) is 6.07 Å². The maximum atomic E-state index is 13.8. The lowest BCUT2D eigenvalue weighted by Crippen LogP contribution is -2.19. The van der Waals surface area contributed by atoms with E-state index < -0.39 is 29.6 Å². The predicted octanol–water partition coefficient (Wildman–Crippen LogP) is 15.9. The van der Waals surface area contributed by atoms with E-state index in [1.807, 2.05) is 39.8 Å². The third-order valence-electron chi connectivity index (χ3n) is 12.5. The van der Waals surface area contributed by atoms with E-state index >= 15 is 0 Å². The zero-order valence-corrected chi connectivity index (χ0v) is 43.3. The number of esters is 4. The smallest absolute Gasteiger partial charge is 0.342 e. The molecular formula is C60H84O9. The monoisotopic (exact) mass is 949 g/mol. The molecule has 1 N–H and O–H groups in total. The van der Waals surface area contributed by atoms with Crippen LogP contribution >= 0.6 is 0 Å². The Morgan fingerprint density at radius 1 is 0.406 bits per heavy atom. The second-order valence-electron chi connectivity index (χ2n) is 19.2. The van der Waals surface area contributed by atoms with Crippen LogP contribution in [0.25, 0.3) is 22.3 Å². The van der Waals surface area contributed by atoms with Crippen LogP contribution in [0.1, 0.15) is 200 Å². The number of hydrogen-bond donors (Lipinski definition) is 1. The van der Waals surface area contributed by atoms with Crippen molar-refractivity contribution >= 4 is 23.9 Å². The Morgan fingerprint density at radius 3 is 1.14 bits per heavy atom. The van der Waals surface area contributed by atoms with Gasteiger partial charge in [-0.2, -0.15) is 0 Å². The van der Waals surface area contributed by atoms with Gasteiger partial charge in [0, 0.05) is 5.56 Å². The van der Waals surface area contributed by atoms with Gasteiger partial charge in [-0.1, -0.05) is 199 Å². The van der Waals surface area contributed by atoms with E-state index in [1.165, 1.54) is 35.4 Å². The highest BCUT2D eigenvalue weighted by Crippen LogP contribution is 2.37. The van der Waals surface area contributed by atoms with Gasteiger partial charge in [-0.25, -0.2) is 19.2 Å². The lowest BCUT2D eigenvalue weighted by atomic mass is 9.94. The molecule has 9 heteroatoms. The Balaban J connectivity index is 0.000000898. The zero-order chi connectivity index (χ0) is 50.4. The number of hydrogen-bond acceptors (Lipinski definition) is 9. The summed E-state index contributed by atoms with van der Waals surface area (Å²) in [6, 6.07) is 28.3. The topological polar surface area (TPSA) is 125 Å². The molecule has 4 aromatic rings. The molecule has 0 fully saturated rings. The van der Waals surface area contributed by atoms with E-state index in [9.17, 15) is 24.3 Å². The Morgan fingerprint density at radius 2 is 0.754 bits per heavy atom. The summed E-state index contributed by atoms with van der Waals surface area (Å²) in [4.78, 5) is 54.5. The molecule has 0 saturated heterocycles. The number of ether oxygens (including phenoxy) is 4. The van der Waals surface area contributed by atoms with Gasteiger partial charge in [0.25, 0.3) is 0 Å². The minimum atomic E-state index is -0.843. The van der Waals surface area contributed by atoms with Gasteiger partial charge < -0.3 is 24.1 Å². The SMILES string of the molecule is CCCCCC(C)COC(=O)c1ccc(-c2ccc(C(=O)OCC(C)CCCCC)c(C(=O)OCC(C)CCCCC)c2O)cc1C(=O)OCC(C)CCCCC.c1ccc(-c2ccccc2)cc1. The molecule has 69 heavy (non-hydrogen) atoms. The summed E-state index contributed by atoms with van der Waals surface area (Å²) in [6.07, 6.45) is 16.5. The van der Waals surface area contributed by atoms with Crippen molar-refractivity contribution in [1.82, 2.24) is 0 Å². The van der Waals surface area contributed by atoms with Crippen LogP contribution in [-0.4, -0.2) is 55.4 Å². The first-order valence-corrected chi connectivity index (χ1v) is 26.1. The fourth-order valence-electron chi connectivity index (χ4n) is 8.00. The molecule has 0 spiro atoms. The van der Waals surface area contributed by atoms with Gasteiger partial charge in [0.05, 0.1) is 43.1 Å². The lowest BCUT2D eigenvalue weighted by Gasteiger charge is -2.18. The fraction of sp³-hybridized carbons (Fsp3) is 0.533. The van der Waals surface area contributed by atoms with E-state index in [2.05, 4.69) is 76.2 Å². The number of aromatic hydroxyl groups is 1. The van der Waals surface area contributed by atoms with Gasteiger partial charge in [0.2, 0.25) is 0 Å². The number of carbonyl (C=O) groups is 4. The van der Waals surface area contributed by atoms with Crippen LogP contribution in [0.3, 0.4) is 0 Å². The standard InChI is InChI=1S/C48H74O9.C12H10/c1-9-13-17-21-34(5)30-54-45(50)40-26-25-38(29-42(40)47(52)56-32-36(7)23-19-15-11-3)39-27-28-41(46(51)55-31-35(6)22-18-14-10-2)43(44(39)49)48(53)57-33-37(8)24-20-16-12-4;1-3-7-11(8-4-1)12-9-5-2-6-10-12/h25-29,34-37,49H,9-24,30-33H2,1-8H3;1-10H. The van der Waals surface area contributed by atoms with Crippen molar-refractivity contribution < 1.29 is 43.2 Å². The largest absolute Gasteiger partial charge is 0.506 e. The van der Waals surface area contributed by atoms with E-state index in [0.29, 0.717) is 5.56 Å². The predicted molar refractivity (Wildman–Crippen MR) is 280 cm³/mol. The molecule has 4 rings (SSSR count). The second kappa shape index (κ2) is 33.2. The molecule has 4 unspecified atom stereocenters. The van der Waals surface area contributed by atoms with Gasteiger partial charge in [0.1, 0.15) is 11.3 Å². The first kappa shape index (κ1) is 57.9. The Hall–Kier alpha value is -5.44. The molecule has 0 saturated carbocycles. The quantitative estimate of drug-likeness (QED) is 0.0309. The molecule has 0 aromatic heterocycles. The number of carbonyl (C=O) groups excluding carboxylic acids is 4. The average Bonchev–Trinajstić information content (AvgIpc) is 3.36. The number of unbranched alkanes of at least 4 members (excludes halogenated alkanes) is 8. The molecule has 0 amide bonds. The highest BCUT2D eigenvalue weighted by Gasteiger charge is 2.29. The van der Waals surface area contributed by atoms with Crippen LogP contribution in [0, 0.1) is 23.7 Å². The molecule has 4 aromatic carbocycles. The maximum absolute atomic E-state index is 13.8. The van der Waals surface area contributed by atoms with E-state index in [0.717, 1.165) is 103 Å². The van der Waals surface area contributed by atoms with Gasteiger partial charge in [-0.05, 0) is 90.3 Å². The van der Waals surface area contributed by atoms with Gasteiger partial charge >= 0.3 is 23.9 Å². The number of rotatable bonds is 30. The summed E-state index contributed by atoms with van der Waals surface area (Å²) >= 11 is 0. The molecule has 0 heterocycles. The summed E-state index contributed by atoms with van der Waals surface area (Å²) in [5.41, 5.74) is 2.69. The van der Waals surface area contributed by atoms with Crippen LogP contribution in [0.2, 0.25) is 0 Å². The van der Waals surface area contributed by atoms with Gasteiger partial charge in [-0.3, -0.25) is 0 Å². The van der Waals surface area contributed by atoms with Crippen molar-refractivity contribution in [3.63, 3.8) is 0 Å². The number of phenols is 1. The van der Waals surface area contributed by atoms with Crippen LogP contribution in [-0.2, 0) is 18.9 Å². The third kappa shape index (κ3) is 21.0. The Kier molecular flexibility index (Phi) is 27.8. The number of phenolic OH excluding ortho intramolecular Hbond substituents is 1. The molecule has 0 aliphatic rings. The van der Waals surface area contributed by atoms with Crippen molar-refractivity contribution in [2.75, 3.05) is 26.4 Å². The molecule has 9 nitrogen and oxygen atoms in total. The van der Waals surface area contributed by atoms with Crippen LogP contribution in [0.5, 0.6) is 5.75 Å². The number of benzene rings is 4. The van der Waals surface area contributed by atoms with E-state index in [4.69, 9.17) is 18.9 Å². The van der Waals surface area contributed by atoms with Crippen molar-refractivity contribution in [2.45, 2.75) is 158 Å². The summed E-state index contributed by atoms with van der Waals surface area (Å²) in [7, 11) is 0. The summed E-state index contributed by atoms with van der Waals surface area (Å²) in [5, 5.41) is 11.8. The lowest BCUT2D eigenvalue weighted by molar-refractivity contribution is 0.0393. The summed E-state index contributed by atoms with van der Waals surface area (Å²) in [6.45, 7) is 17.3. The maximum Gasteiger partial charge on any atom is 0.342 e. The van der Waals surface area contributed by atoms with Gasteiger partial charge in [-0.15, -0.1) is 0 Å². The summed E-state index contributed by atoms with van der Waals surface area (Å²) in [5.74, 6) is -2.90. The average molecular weight is 949 g/mol. The molecule has 0 bridgehead atoms. The van der Waals surface area contributed by atoms with Crippen molar-refractivity contribution in [1.29, 1.82) is 0 Å². The normalized spacial score (nSPS) is 12.7. The van der Waals surface area contributed by atoms with Gasteiger partial charge in [0.15, 0.2) is 0 Å². The molecule has 0 radical (unpaired) electrons. The molecular weight excluding hydrogens is 865 g/mol. The summed E-state index contributed by atoms with van der Waals surface area (Å²) < 4.78 is 22.8. The third-order valence-corrected chi connectivity index (χ3v) is 12.5. The molecule has 4 atom stereocenters. The Labute approximate surface area is 415 Å².